The number of esters is 1. The van der Waals surface area contributed by atoms with E-state index in [1.165, 1.54) is 0 Å². The van der Waals surface area contributed by atoms with E-state index in [9.17, 15) is 13.6 Å². The monoisotopic (exact) mass is 188 g/mol. The first-order valence-electron chi connectivity index (χ1n) is 2.77. The minimum absolute atomic E-state index is 0. The molecule has 1 unspecified atom stereocenters. The standard InChI is InChI=1S/C5H10O4S.Na/c1-4(2)9-5(6)3-10(7)8;/h4H,3H2,1-2H3,(H,7,8);/q;+1/p-1. The summed E-state index contributed by atoms with van der Waals surface area (Å²) in [5.41, 5.74) is 0. The molecule has 0 aromatic carbocycles. The van der Waals surface area contributed by atoms with Crippen molar-refractivity contribution in [2.45, 2.75) is 20.0 Å². The van der Waals surface area contributed by atoms with Gasteiger partial charge in [0.05, 0.1) is 6.10 Å². The van der Waals surface area contributed by atoms with E-state index in [0.29, 0.717) is 0 Å². The number of hydrogen-bond acceptors (Lipinski definition) is 4. The van der Waals surface area contributed by atoms with Gasteiger partial charge in [-0.2, -0.15) is 0 Å². The normalized spacial score (nSPS) is 12.0. The molecule has 0 fully saturated rings. The summed E-state index contributed by atoms with van der Waals surface area (Å²) in [6.07, 6.45) is -0.254. The minimum atomic E-state index is -2.34. The van der Waals surface area contributed by atoms with Crippen LogP contribution in [0.15, 0.2) is 0 Å². The Kier molecular flexibility index (Phi) is 9.30. The zero-order chi connectivity index (χ0) is 8.15. The maximum atomic E-state index is 10.4. The molecule has 0 saturated carbocycles. The van der Waals surface area contributed by atoms with Gasteiger partial charge in [0.2, 0.25) is 0 Å². The summed E-state index contributed by atoms with van der Waals surface area (Å²) in [6, 6.07) is 0. The molecule has 11 heavy (non-hydrogen) atoms. The van der Waals surface area contributed by atoms with Crippen LogP contribution in [0.1, 0.15) is 13.8 Å². The van der Waals surface area contributed by atoms with Gasteiger partial charge in [-0.1, -0.05) is 0 Å². The van der Waals surface area contributed by atoms with E-state index >= 15 is 0 Å². The largest absolute Gasteiger partial charge is 1.00 e. The summed E-state index contributed by atoms with van der Waals surface area (Å²) in [4.78, 5) is 10.4. The molecule has 0 aliphatic carbocycles. The van der Waals surface area contributed by atoms with Crippen LogP contribution >= 0.6 is 0 Å². The molecule has 0 aromatic heterocycles. The Morgan fingerprint density at radius 3 is 2.36 bits per heavy atom. The van der Waals surface area contributed by atoms with E-state index in [1.807, 2.05) is 0 Å². The van der Waals surface area contributed by atoms with Crippen molar-refractivity contribution >= 4 is 17.0 Å². The SMILES string of the molecule is CC(C)OC(=O)CS(=O)[O-].[Na+]. The molecule has 0 heterocycles. The van der Waals surface area contributed by atoms with Gasteiger partial charge >= 0.3 is 35.5 Å². The molecule has 0 rings (SSSR count). The van der Waals surface area contributed by atoms with Gasteiger partial charge in [-0.15, -0.1) is 0 Å². The molecule has 0 amide bonds. The van der Waals surface area contributed by atoms with Crippen LogP contribution in [0, 0.1) is 0 Å². The fourth-order valence-electron chi connectivity index (χ4n) is 0.393. The predicted octanol–water partition coefficient (Wildman–Crippen LogP) is -3.18. The molecular weight excluding hydrogens is 179 g/mol. The molecule has 4 nitrogen and oxygen atoms in total. The van der Waals surface area contributed by atoms with Gasteiger partial charge in [0.25, 0.3) is 0 Å². The second-order valence-electron chi connectivity index (χ2n) is 1.99. The Hall–Kier alpha value is 0.580. The maximum absolute atomic E-state index is 10.4. The Labute approximate surface area is 90.3 Å². The third-order valence-electron chi connectivity index (χ3n) is 0.603. The summed E-state index contributed by atoms with van der Waals surface area (Å²) in [5.74, 6) is -1.26. The summed E-state index contributed by atoms with van der Waals surface area (Å²) in [6.45, 7) is 3.32. The quantitative estimate of drug-likeness (QED) is 0.266. The van der Waals surface area contributed by atoms with Crippen molar-refractivity contribution in [2.75, 3.05) is 5.75 Å². The van der Waals surface area contributed by atoms with Gasteiger partial charge in [0.1, 0.15) is 5.75 Å². The van der Waals surface area contributed by atoms with Gasteiger partial charge in [-0.05, 0) is 24.9 Å². The molecule has 0 bridgehead atoms. The predicted molar refractivity (Wildman–Crippen MR) is 35.0 cm³/mol. The van der Waals surface area contributed by atoms with E-state index in [4.69, 9.17) is 0 Å². The van der Waals surface area contributed by atoms with Gasteiger partial charge in [-0.25, -0.2) is 0 Å². The topological polar surface area (TPSA) is 66.4 Å². The molecule has 6 heteroatoms. The molecule has 0 aliphatic heterocycles. The Balaban J connectivity index is 0. The van der Waals surface area contributed by atoms with Crippen molar-refractivity contribution < 1.29 is 47.9 Å². The van der Waals surface area contributed by atoms with Crippen LogP contribution in [-0.4, -0.2) is 26.6 Å². The van der Waals surface area contributed by atoms with Crippen molar-refractivity contribution in [3.63, 3.8) is 0 Å². The van der Waals surface area contributed by atoms with Gasteiger partial charge < -0.3 is 9.29 Å². The Bertz CT molecular complexity index is 147. The van der Waals surface area contributed by atoms with Crippen LogP contribution in [0.25, 0.3) is 0 Å². The second kappa shape index (κ2) is 7.24. The van der Waals surface area contributed by atoms with Crippen LogP contribution in [-0.2, 0) is 20.6 Å². The van der Waals surface area contributed by atoms with Gasteiger partial charge in [-0.3, -0.25) is 9.00 Å². The van der Waals surface area contributed by atoms with Crippen LogP contribution in [0.5, 0.6) is 0 Å². The molecule has 0 radical (unpaired) electrons. The Morgan fingerprint density at radius 1 is 1.64 bits per heavy atom. The van der Waals surface area contributed by atoms with Crippen molar-refractivity contribution in [1.29, 1.82) is 0 Å². The van der Waals surface area contributed by atoms with Gasteiger partial charge in [0.15, 0.2) is 0 Å². The third-order valence-corrected chi connectivity index (χ3v) is 1.07. The smallest absolute Gasteiger partial charge is 0.772 e. The first kappa shape index (κ1) is 14.1. The van der Waals surface area contributed by atoms with E-state index < -0.39 is 22.8 Å². The Morgan fingerprint density at radius 2 is 2.09 bits per heavy atom. The van der Waals surface area contributed by atoms with E-state index in [-0.39, 0.29) is 35.7 Å². The summed E-state index contributed by atoms with van der Waals surface area (Å²) < 4.78 is 24.3. The average molecular weight is 188 g/mol. The molecular formula is C5H9NaO4S. The number of carbonyl (C=O) groups excluding carboxylic acids is 1. The fourth-order valence-corrected chi connectivity index (χ4v) is 0.654. The summed E-state index contributed by atoms with van der Waals surface area (Å²) in [5, 5.41) is 0. The first-order chi connectivity index (χ1) is 4.52. The van der Waals surface area contributed by atoms with Crippen LogP contribution in [0.3, 0.4) is 0 Å². The van der Waals surface area contributed by atoms with Crippen LogP contribution in [0.4, 0.5) is 0 Å². The summed E-state index contributed by atoms with van der Waals surface area (Å²) in [7, 11) is 0. The molecule has 0 N–H and O–H groups in total. The van der Waals surface area contributed by atoms with E-state index in [0.717, 1.165) is 0 Å². The summed E-state index contributed by atoms with van der Waals surface area (Å²) >= 11 is -2.34. The van der Waals surface area contributed by atoms with Gasteiger partial charge in [0, 0.05) is 0 Å². The number of rotatable bonds is 3. The van der Waals surface area contributed by atoms with E-state index in [2.05, 4.69) is 4.74 Å². The third kappa shape index (κ3) is 10.6. The molecule has 0 spiro atoms. The van der Waals surface area contributed by atoms with Crippen molar-refractivity contribution in [3.8, 4) is 0 Å². The molecule has 0 aromatic rings. The van der Waals surface area contributed by atoms with Crippen molar-refractivity contribution in [2.24, 2.45) is 0 Å². The minimum Gasteiger partial charge on any atom is -0.772 e. The fraction of sp³-hybridized carbons (Fsp3) is 0.800. The molecule has 0 saturated heterocycles. The number of carbonyl (C=O) groups is 1. The first-order valence-corrected chi connectivity index (χ1v) is 4.02. The van der Waals surface area contributed by atoms with Crippen molar-refractivity contribution in [1.82, 2.24) is 0 Å². The number of hydrogen-bond donors (Lipinski definition) is 0. The zero-order valence-electron chi connectivity index (χ0n) is 6.83. The average Bonchev–Trinajstić information content (AvgIpc) is 1.58. The molecule has 60 valence electrons. The van der Waals surface area contributed by atoms with Crippen molar-refractivity contribution in [3.05, 3.63) is 0 Å². The van der Waals surface area contributed by atoms with Crippen LogP contribution < -0.4 is 29.6 Å². The molecule has 1 atom stereocenters. The molecule has 0 aliphatic rings. The zero-order valence-corrected chi connectivity index (χ0v) is 9.64. The van der Waals surface area contributed by atoms with E-state index in [1.54, 1.807) is 13.8 Å². The maximum Gasteiger partial charge on any atom is 1.00 e. The number of ether oxygens (including phenoxy) is 1. The van der Waals surface area contributed by atoms with Crippen LogP contribution in [0.2, 0.25) is 0 Å². The second-order valence-corrected chi connectivity index (χ2v) is 2.88.